The second-order valence-corrected chi connectivity index (χ2v) is 5.84. The van der Waals surface area contributed by atoms with Crippen molar-refractivity contribution in [3.8, 4) is 17.2 Å². The summed E-state index contributed by atoms with van der Waals surface area (Å²) in [4.78, 5) is 21.2. The third-order valence-corrected chi connectivity index (χ3v) is 4.49. The fraction of sp³-hybridized carbons (Fsp3) is 0.389. The summed E-state index contributed by atoms with van der Waals surface area (Å²) in [5.41, 5.74) is 2.16. The van der Waals surface area contributed by atoms with Crippen LogP contribution in [0.25, 0.3) is 0 Å². The second-order valence-electron chi connectivity index (χ2n) is 5.84. The van der Waals surface area contributed by atoms with E-state index >= 15 is 0 Å². The van der Waals surface area contributed by atoms with Gasteiger partial charge < -0.3 is 24.2 Å². The summed E-state index contributed by atoms with van der Waals surface area (Å²) in [6.07, 6.45) is 4.29. The lowest BCUT2D eigenvalue weighted by molar-refractivity contribution is 0.0690. The molecule has 8 nitrogen and oxygen atoms in total. The van der Waals surface area contributed by atoms with E-state index < -0.39 is 5.97 Å². The molecule has 1 aliphatic heterocycles. The van der Waals surface area contributed by atoms with Gasteiger partial charge >= 0.3 is 5.97 Å². The zero-order valence-electron chi connectivity index (χ0n) is 15.0. The number of benzene rings is 1. The molecular weight excluding hydrogens is 338 g/mol. The number of nitrogens with zero attached hydrogens (tertiary/aromatic N) is 3. The Morgan fingerprint density at radius 2 is 1.77 bits per heavy atom. The van der Waals surface area contributed by atoms with Crippen LogP contribution in [-0.2, 0) is 12.8 Å². The predicted molar refractivity (Wildman–Crippen MR) is 94.7 cm³/mol. The lowest BCUT2D eigenvalue weighted by Crippen LogP contribution is -2.27. The summed E-state index contributed by atoms with van der Waals surface area (Å²) in [5.74, 6) is 1.49. The van der Waals surface area contributed by atoms with Crippen LogP contribution in [0.5, 0.6) is 17.2 Å². The smallest absolute Gasteiger partial charge is 0.356 e. The number of hydrogen-bond acceptors (Lipinski definition) is 7. The molecule has 0 radical (unpaired) electrons. The van der Waals surface area contributed by atoms with Crippen molar-refractivity contribution < 1.29 is 24.1 Å². The quantitative estimate of drug-likeness (QED) is 0.864. The van der Waals surface area contributed by atoms with Gasteiger partial charge in [-0.1, -0.05) is 0 Å². The minimum atomic E-state index is -1.09. The van der Waals surface area contributed by atoms with E-state index in [-0.39, 0.29) is 5.69 Å². The maximum Gasteiger partial charge on any atom is 0.356 e. The van der Waals surface area contributed by atoms with Crippen molar-refractivity contribution in [3.05, 3.63) is 35.3 Å². The van der Waals surface area contributed by atoms with Gasteiger partial charge in [-0.3, -0.25) is 0 Å². The number of rotatable bonds is 5. The second kappa shape index (κ2) is 7.47. The number of methoxy groups -OCH3 is 3. The minimum Gasteiger partial charge on any atom is -0.493 e. The number of fused-ring (bicyclic) bond motifs is 1. The zero-order valence-corrected chi connectivity index (χ0v) is 15.0. The van der Waals surface area contributed by atoms with Crippen molar-refractivity contribution in [3.63, 3.8) is 0 Å². The van der Waals surface area contributed by atoms with E-state index in [2.05, 4.69) is 14.9 Å². The highest BCUT2D eigenvalue weighted by Crippen LogP contribution is 2.43. The highest BCUT2D eigenvalue weighted by Gasteiger charge is 2.24. The number of carboxylic acid groups (broad SMARTS) is 1. The van der Waals surface area contributed by atoms with Gasteiger partial charge in [-0.05, 0) is 24.5 Å². The van der Waals surface area contributed by atoms with Gasteiger partial charge in [0.05, 0.1) is 33.7 Å². The van der Waals surface area contributed by atoms with Gasteiger partial charge in [0, 0.05) is 18.7 Å². The topological polar surface area (TPSA) is 94.0 Å². The Bertz CT molecular complexity index is 807. The van der Waals surface area contributed by atoms with Gasteiger partial charge in [0.25, 0.3) is 0 Å². The molecule has 0 saturated heterocycles. The van der Waals surface area contributed by atoms with Gasteiger partial charge in [0.1, 0.15) is 5.82 Å². The summed E-state index contributed by atoms with van der Waals surface area (Å²) in [7, 11) is 4.82. The summed E-state index contributed by atoms with van der Waals surface area (Å²) in [6, 6.07) is 1.99. The van der Waals surface area contributed by atoms with Crippen molar-refractivity contribution in [1.29, 1.82) is 0 Å². The number of carbonyl (C=O) groups is 1. The molecule has 1 aromatic carbocycles. The van der Waals surface area contributed by atoms with Gasteiger partial charge in [0.2, 0.25) is 5.75 Å². The molecule has 8 heteroatoms. The molecule has 2 aromatic rings. The van der Waals surface area contributed by atoms with Crippen molar-refractivity contribution in [2.24, 2.45) is 0 Å². The number of aromatic carboxylic acids is 1. The third kappa shape index (κ3) is 3.22. The van der Waals surface area contributed by atoms with Crippen LogP contribution in [0.4, 0.5) is 5.82 Å². The number of carboxylic acids is 1. The van der Waals surface area contributed by atoms with E-state index in [0.29, 0.717) is 29.6 Å². The standard InChI is InChI=1S/C18H21N3O5/c1-24-14-8-11-4-6-21(15-10-19-13(9-20-15)18(22)23)7-5-12(11)16(25-2)17(14)26-3/h8-10H,4-7H2,1-3H3,(H,22,23). The van der Waals surface area contributed by atoms with Crippen LogP contribution in [-0.4, -0.2) is 55.5 Å². The molecule has 1 aliphatic rings. The SMILES string of the molecule is COc1cc2c(c(OC)c1OC)CCN(c1cnc(C(=O)O)cn1)CC2. The molecule has 0 bridgehead atoms. The van der Waals surface area contributed by atoms with Crippen molar-refractivity contribution in [1.82, 2.24) is 9.97 Å². The van der Waals surface area contributed by atoms with Gasteiger partial charge in [-0.25, -0.2) is 14.8 Å². The van der Waals surface area contributed by atoms with E-state index in [4.69, 9.17) is 19.3 Å². The molecule has 138 valence electrons. The number of hydrogen-bond donors (Lipinski definition) is 1. The molecule has 0 fully saturated rings. The molecule has 0 saturated carbocycles. The Morgan fingerprint density at radius 1 is 1.04 bits per heavy atom. The molecule has 26 heavy (non-hydrogen) atoms. The summed E-state index contributed by atoms with van der Waals surface area (Å²) in [6.45, 7) is 1.44. The van der Waals surface area contributed by atoms with Crippen LogP contribution in [0.1, 0.15) is 21.6 Å². The Morgan fingerprint density at radius 3 is 2.35 bits per heavy atom. The molecule has 0 unspecified atom stereocenters. The van der Waals surface area contributed by atoms with Crippen LogP contribution in [0.15, 0.2) is 18.5 Å². The van der Waals surface area contributed by atoms with Crippen molar-refractivity contribution in [2.75, 3.05) is 39.3 Å². The average Bonchev–Trinajstić information content (AvgIpc) is 2.88. The van der Waals surface area contributed by atoms with E-state index in [0.717, 1.165) is 30.5 Å². The minimum absolute atomic E-state index is 0.0667. The maximum atomic E-state index is 10.9. The first-order valence-electron chi connectivity index (χ1n) is 8.20. The summed E-state index contributed by atoms with van der Waals surface area (Å²) >= 11 is 0. The van der Waals surface area contributed by atoms with E-state index in [1.165, 1.54) is 12.4 Å². The van der Waals surface area contributed by atoms with Crippen molar-refractivity contribution in [2.45, 2.75) is 12.8 Å². The van der Waals surface area contributed by atoms with E-state index in [1.807, 2.05) is 6.07 Å². The Hall–Kier alpha value is -3.03. The largest absolute Gasteiger partial charge is 0.493 e. The first kappa shape index (κ1) is 17.8. The lowest BCUT2D eigenvalue weighted by Gasteiger charge is -2.20. The van der Waals surface area contributed by atoms with Crippen molar-refractivity contribution >= 4 is 11.8 Å². The molecule has 0 atom stereocenters. The molecule has 1 N–H and O–H groups in total. The van der Waals surface area contributed by atoms with Crippen LogP contribution >= 0.6 is 0 Å². The first-order chi connectivity index (χ1) is 12.6. The first-order valence-corrected chi connectivity index (χ1v) is 8.20. The summed E-state index contributed by atoms with van der Waals surface area (Å²) < 4.78 is 16.5. The Kier molecular flexibility index (Phi) is 5.11. The number of anilines is 1. The number of aromatic nitrogens is 2. The third-order valence-electron chi connectivity index (χ3n) is 4.49. The lowest BCUT2D eigenvalue weighted by atomic mass is 10.0. The van der Waals surface area contributed by atoms with E-state index in [1.54, 1.807) is 21.3 Å². The molecule has 2 heterocycles. The number of ether oxygens (including phenoxy) is 3. The average molecular weight is 359 g/mol. The fourth-order valence-corrected chi connectivity index (χ4v) is 3.20. The van der Waals surface area contributed by atoms with Gasteiger partial charge in [-0.15, -0.1) is 0 Å². The van der Waals surface area contributed by atoms with E-state index in [9.17, 15) is 4.79 Å². The fourth-order valence-electron chi connectivity index (χ4n) is 3.20. The zero-order chi connectivity index (χ0) is 18.7. The highest BCUT2D eigenvalue weighted by molar-refractivity contribution is 5.84. The predicted octanol–water partition coefficient (Wildman–Crippen LogP) is 1.81. The molecule has 3 rings (SSSR count). The van der Waals surface area contributed by atoms with Crippen LogP contribution in [0, 0.1) is 0 Å². The molecule has 0 spiro atoms. The molecule has 0 aliphatic carbocycles. The Labute approximate surface area is 151 Å². The van der Waals surface area contributed by atoms with Gasteiger partial charge in [-0.2, -0.15) is 0 Å². The molecule has 0 amide bonds. The molecule has 1 aromatic heterocycles. The maximum absolute atomic E-state index is 10.9. The van der Waals surface area contributed by atoms with Crippen LogP contribution in [0.2, 0.25) is 0 Å². The normalized spacial score (nSPS) is 13.6. The monoisotopic (exact) mass is 359 g/mol. The van der Waals surface area contributed by atoms with Crippen LogP contribution in [0.3, 0.4) is 0 Å². The highest BCUT2D eigenvalue weighted by atomic mass is 16.5. The summed E-state index contributed by atoms with van der Waals surface area (Å²) in [5, 5.41) is 8.95. The Balaban J connectivity index is 1.90. The molecular formula is C18H21N3O5. The van der Waals surface area contributed by atoms with Crippen LogP contribution < -0.4 is 19.1 Å². The van der Waals surface area contributed by atoms with Gasteiger partial charge in [0.15, 0.2) is 17.2 Å².